The summed E-state index contributed by atoms with van der Waals surface area (Å²) in [6, 6.07) is 0. The van der Waals surface area contributed by atoms with E-state index < -0.39 is 0 Å². The first-order valence-corrected chi connectivity index (χ1v) is 15.0. The van der Waals surface area contributed by atoms with Crippen LogP contribution in [0, 0.1) is 22.2 Å². The van der Waals surface area contributed by atoms with Crippen LogP contribution in [0.1, 0.15) is 98.8 Å². The second-order valence-corrected chi connectivity index (χ2v) is 15.4. The minimum absolute atomic E-state index is 0.184. The summed E-state index contributed by atoms with van der Waals surface area (Å²) < 4.78 is 0. The predicted octanol–water partition coefficient (Wildman–Crippen LogP) is 4.17. The zero-order valence-electron chi connectivity index (χ0n) is 24.4. The number of rotatable bonds is 0. The molecular weight excluding hydrogens is 402 g/mol. The van der Waals surface area contributed by atoms with E-state index in [-0.39, 0.29) is 16.0 Å². The zero-order chi connectivity index (χ0) is 24.8. The number of allylic oxidation sites excluding steroid dienone is 6. The molecule has 0 N–H and O–H groups in total. The first kappa shape index (κ1) is 25.2. The molecule has 0 aromatic carbocycles. The zero-order valence-corrected chi connectivity index (χ0v) is 24.4. The fraction of sp³-hybridized carbons (Fsp3) is 0.793. The summed E-state index contributed by atoms with van der Waals surface area (Å²) in [5.74, 6) is 2.69. The molecule has 4 unspecified atom stereocenters. The molecule has 5 rings (SSSR count). The van der Waals surface area contributed by atoms with Crippen LogP contribution in [0.5, 0.6) is 0 Å². The highest BCUT2D eigenvalue weighted by atomic mass is 14.6. The lowest BCUT2D eigenvalue weighted by Gasteiger charge is -2.63. The molecule has 5 aliphatic rings. The summed E-state index contributed by atoms with van der Waals surface area (Å²) >= 11 is 0. The molecular formula is C29H49B5. The van der Waals surface area contributed by atoms with Crippen LogP contribution in [0.3, 0.4) is 0 Å². The first-order chi connectivity index (χ1) is 15.7. The van der Waals surface area contributed by atoms with Gasteiger partial charge in [0.25, 0.3) is 0 Å². The maximum Gasteiger partial charge on any atom is 0.115 e. The lowest BCUT2D eigenvalue weighted by molar-refractivity contribution is 0.145. The fourth-order valence-corrected chi connectivity index (χ4v) is 10.5. The van der Waals surface area contributed by atoms with Gasteiger partial charge in [-0.25, -0.2) is 0 Å². The molecule has 5 heteroatoms. The van der Waals surface area contributed by atoms with E-state index in [0.29, 0.717) is 17.2 Å². The van der Waals surface area contributed by atoms with Gasteiger partial charge in [-0.15, -0.1) is 0 Å². The topological polar surface area (TPSA) is 0 Å². The Morgan fingerprint density at radius 2 is 1.38 bits per heavy atom. The maximum atomic E-state index is 2.65. The van der Waals surface area contributed by atoms with Crippen molar-refractivity contribution in [2.24, 2.45) is 22.2 Å². The molecule has 5 aliphatic carbocycles. The Morgan fingerprint density at radius 3 is 2.00 bits per heavy atom. The summed E-state index contributed by atoms with van der Waals surface area (Å²) in [5.41, 5.74) is 12.2. The van der Waals surface area contributed by atoms with E-state index in [2.05, 4.69) is 73.9 Å². The van der Waals surface area contributed by atoms with Crippen LogP contribution in [0.25, 0.3) is 0 Å². The third-order valence-electron chi connectivity index (χ3n) is 11.6. The van der Waals surface area contributed by atoms with E-state index in [0.717, 1.165) is 11.6 Å². The van der Waals surface area contributed by atoms with Crippen LogP contribution in [0.15, 0.2) is 33.4 Å². The van der Waals surface area contributed by atoms with Crippen LogP contribution >= 0.6 is 0 Å². The van der Waals surface area contributed by atoms with Crippen molar-refractivity contribution >= 4 is 39.2 Å². The predicted molar refractivity (Wildman–Crippen MR) is 163 cm³/mol. The van der Waals surface area contributed by atoms with E-state index in [1.54, 1.807) is 0 Å². The molecule has 34 heavy (non-hydrogen) atoms. The highest BCUT2D eigenvalue weighted by molar-refractivity contribution is 6.46. The van der Waals surface area contributed by atoms with E-state index in [4.69, 9.17) is 0 Å². The average Bonchev–Trinajstić information content (AvgIpc) is 2.74. The summed E-state index contributed by atoms with van der Waals surface area (Å²) in [6.45, 7) is 13.0. The van der Waals surface area contributed by atoms with Crippen molar-refractivity contribution in [1.82, 2.24) is 0 Å². The molecule has 0 heterocycles. The molecule has 0 nitrogen and oxygen atoms in total. The Morgan fingerprint density at radius 1 is 0.735 bits per heavy atom. The molecule has 0 aliphatic heterocycles. The molecule has 0 saturated heterocycles. The van der Waals surface area contributed by atoms with Gasteiger partial charge in [-0.05, 0) is 65.6 Å². The summed E-state index contributed by atoms with van der Waals surface area (Å²) in [6.07, 6.45) is 14.2. The molecule has 0 aromatic heterocycles. The Kier molecular flexibility index (Phi) is 5.95. The molecule has 1 spiro atoms. The van der Waals surface area contributed by atoms with Gasteiger partial charge in [0.2, 0.25) is 0 Å². The molecule has 0 aromatic rings. The van der Waals surface area contributed by atoms with Gasteiger partial charge in [0.05, 0.1) is 0 Å². The van der Waals surface area contributed by atoms with E-state index in [1.807, 2.05) is 33.4 Å². The Bertz CT molecular complexity index is 967. The van der Waals surface area contributed by atoms with Crippen molar-refractivity contribution in [3.05, 3.63) is 33.4 Å². The SMILES string of the molecule is BC1CCCC2=C1C(B)C1=C(C(C(C)(C)C)C3=C(C(B)CCC34CCCCC4)C1(B)B)C2(C)C. The highest BCUT2D eigenvalue weighted by Crippen LogP contribution is 2.72. The van der Waals surface area contributed by atoms with Crippen molar-refractivity contribution < 1.29 is 0 Å². The lowest BCUT2D eigenvalue weighted by atomic mass is 9.31. The van der Waals surface area contributed by atoms with Gasteiger partial charge in [-0.3, -0.25) is 0 Å². The largest absolute Gasteiger partial charge is 0.115 e. The molecule has 1 fully saturated rings. The molecule has 0 amide bonds. The van der Waals surface area contributed by atoms with Gasteiger partial charge in [0.15, 0.2) is 0 Å². The van der Waals surface area contributed by atoms with Gasteiger partial charge in [0, 0.05) is 11.3 Å². The smallest absolute Gasteiger partial charge is 0.0802 e. The van der Waals surface area contributed by atoms with Crippen molar-refractivity contribution in [1.29, 1.82) is 0 Å². The van der Waals surface area contributed by atoms with Gasteiger partial charge in [-0.1, -0.05) is 100 Å². The third-order valence-corrected chi connectivity index (χ3v) is 11.6. The minimum Gasteiger partial charge on any atom is -0.0802 e. The van der Waals surface area contributed by atoms with Crippen molar-refractivity contribution in [2.45, 2.75) is 121 Å². The average molecular weight is 452 g/mol. The highest BCUT2D eigenvalue weighted by Gasteiger charge is 2.58. The Labute approximate surface area is 216 Å². The molecule has 180 valence electrons. The Balaban J connectivity index is 1.83. The minimum atomic E-state index is 0.184. The van der Waals surface area contributed by atoms with Crippen LogP contribution in [-0.2, 0) is 0 Å². The quantitative estimate of drug-likeness (QED) is 0.383. The van der Waals surface area contributed by atoms with Gasteiger partial charge in [-0.2, -0.15) is 0 Å². The molecule has 0 radical (unpaired) electrons. The van der Waals surface area contributed by atoms with Crippen LogP contribution in [0.4, 0.5) is 0 Å². The molecule has 1 saturated carbocycles. The lowest BCUT2D eigenvalue weighted by Crippen LogP contribution is -2.50. The number of hydrogen-bond donors (Lipinski definition) is 0. The van der Waals surface area contributed by atoms with E-state index in [9.17, 15) is 0 Å². The van der Waals surface area contributed by atoms with Crippen LogP contribution in [-0.4, -0.2) is 39.2 Å². The number of fused-ring (bicyclic) bond motifs is 1. The second kappa shape index (κ2) is 8.02. The molecule has 0 bridgehead atoms. The first-order valence-electron chi connectivity index (χ1n) is 15.0. The van der Waals surface area contributed by atoms with Gasteiger partial charge >= 0.3 is 0 Å². The fourth-order valence-electron chi connectivity index (χ4n) is 10.5. The standard InChI is InChI=1S/C29H49B5/c1-26(2,3)21-22-24(25(32)19-16(27(22,4)5)10-9-11-17(19)30)29(33,34)20-18(31)12-15-28(23(20)21)13-7-6-8-14-28/h17-18,21,25H,6-15,30-34H2,1-5H3. The summed E-state index contributed by atoms with van der Waals surface area (Å²) in [4.78, 5) is 0. The molecule has 4 atom stereocenters. The third kappa shape index (κ3) is 3.36. The summed E-state index contributed by atoms with van der Waals surface area (Å²) in [7, 11) is 13.0. The van der Waals surface area contributed by atoms with E-state index in [1.165, 1.54) is 64.2 Å². The summed E-state index contributed by atoms with van der Waals surface area (Å²) in [5, 5.41) is 0.184. The Hall–Kier alpha value is -0.455. The van der Waals surface area contributed by atoms with Crippen molar-refractivity contribution in [3.63, 3.8) is 0 Å². The van der Waals surface area contributed by atoms with Crippen molar-refractivity contribution in [3.8, 4) is 0 Å². The van der Waals surface area contributed by atoms with E-state index >= 15 is 0 Å². The maximum absolute atomic E-state index is 2.65. The monoisotopic (exact) mass is 452 g/mol. The second-order valence-electron chi connectivity index (χ2n) is 15.4. The normalized spacial score (nSPS) is 36.7. The van der Waals surface area contributed by atoms with Crippen LogP contribution < -0.4 is 0 Å². The van der Waals surface area contributed by atoms with Crippen molar-refractivity contribution in [2.75, 3.05) is 0 Å². The van der Waals surface area contributed by atoms with Gasteiger partial charge in [0.1, 0.15) is 39.2 Å². The van der Waals surface area contributed by atoms with Gasteiger partial charge < -0.3 is 0 Å². The number of hydrogen-bond acceptors (Lipinski definition) is 0. The van der Waals surface area contributed by atoms with Crippen LogP contribution in [0.2, 0.25) is 22.7 Å².